The van der Waals surface area contributed by atoms with Gasteiger partial charge < -0.3 is 0 Å². The highest BCUT2D eigenvalue weighted by Crippen LogP contribution is 2.61. The van der Waals surface area contributed by atoms with Crippen LogP contribution in [0.2, 0.25) is 0 Å². The van der Waals surface area contributed by atoms with E-state index in [0.29, 0.717) is 10.8 Å². The highest BCUT2D eigenvalue weighted by Gasteiger charge is 2.50. The van der Waals surface area contributed by atoms with E-state index in [-0.39, 0.29) is 0 Å². The molecule has 20 heavy (non-hydrogen) atoms. The second kappa shape index (κ2) is 4.75. The third-order valence-corrected chi connectivity index (χ3v) is 6.81. The van der Waals surface area contributed by atoms with E-state index in [2.05, 4.69) is 40.7 Å². The molecule has 1 fully saturated rings. The van der Waals surface area contributed by atoms with Gasteiger partial charge >= 0.3 is 0 Å². The molecule has 0 N–H and O–H groups in total. The highest BCUT2D eigenvalue weighted by atomic mass is 14.5. The van der Waals surface area contributed by atoms with Crippen molar-refractivity contribution in [2.75, 3.05) is 0 Å². The van der Waals surface area contributed by atoms with E-state index < -0.39 is 0 Å². The van der Waals surface area contributed by atoms with Crippen molar-refractivity contribution in [3.63, 3.8) is 0 Å². The van der Waals surface area contributed by atoms with Crippen LogP contribution in [0, 0.1) is 22.7 Å². The largest absolute Gasteiger partial charge is 0.0807 e. The van der Waals surface area contributed by atoms with Gasteiger partial charge in [-0.05, 0) is 61.2 Å². The van der Waals surface area contributed by atoms with Crippen LogP contribution in [0.5, 0.6) is 0 Å². The van der Waals surface area contributed by atoms with E-state index in [4.69, 9.17) is 0 Å². The van der Waals surface area contributed by atoms with Gasteiger partial charge in [-0.15, -0.1) is 0 Å². The molecular weight excluding hydrogens is 240 g/mol. The van der Waals surface area contributed by atoms with Gasteiger partial charge in [-0.1, -0.05) is 63.8 Å². The first-order valence-corrected chi connectivity index (χ1v) is 8.75. The Bertz CT molecular complexity index is 460. The topological polar surface area (TPSA) is 0 Å². The fourth-order valence-electron chi connectivity index (χ4n) is 5.63. The van der Waals surface area contributed by atoms with Crippen molar-refractivity contribution in [1.29, 1.82) is 0 Å². The predicted octanol–water partition coefficient (Wildman–Crippen LogP) is 6.29. The quantitative estimate of drug-likeness (QED) is 0.492. The molecule has 0 radical (unpaired) electrons. The minimum absolute atomic E-state index is 0.508. The van der Waals surface area contributed by atoms with Crippen molar-refractivity contribution >= 4 is 0 Å². The zero-order valence-electron chi connectivity index (χ0n) is 14.2. The summed E-state index contributed by atoms with van der Waals surface area (Å²) in [6.07, 6.45) is 12.2. The zero-order chi connectivity index (χ0) is 14.5. The van der Waals surface area contributed by atoms with Crippen molar-refractivity contribution < 1.29 is 0 Å². The first-order chi connectivity index (χ1) is 9.34. The number of hydrogen-bond donors (Lipinski definition) is 0. The Hall–Kier alpha value is -0.520. The van der Waals surface area contributed by atoms with Gasteiger partial charge in [0.2, 0.25) is 0 Å². The molecule has 0 amide bonds. The van der Waals surface area contributed by atoms with E-state index in [0.717, 1.165) is 11.8 Å². The maximum atomic E-state index is 2.60. The van der Waals surface area contributed by atoms with Gasteiger partial charge in [0.25, 0.3) is 0 Å². The van der Waals surface area contributed by atoms with Gasteiger partial charge in [-0.2, -0.15) is 0 Å². The molecule has 1 saturated carbocycles. The number of hydrogen-bond acceptors (Lipinski definition) is 0. The molecule has 1 unspecified atom stereocenters. The summed E-state index contributed by atoms with van der Waals surface area (Å²) in [5.41, 5.74) is 6.43. The van der Waals surface area contributed by atoms with Crippen LogP contribution in [0.1, 0.15) is 79.6 Å². The molecule has 3 rings (SSSR count). The standard InChI is InChI=1S/C20H32/c1-14(2)15-7-9-17-16(13-15)8-10-18-19(3,4)11-6-12-20(17,18)5/h7,14,18H,6,8-13H2,1-5H3/t18?,20-/m1/s1. The molecule has 0 aliphatic heterocycles. The molecule has 0 aromatic rings. The fourth-order valence-corrected chi connectivity index (χ4v) is 5.63. The van der Waals surface area contributed by atoms with Crippen molar-refractivity contribution in [1.82, 2.24) is 0 Å². The van der Waals surface area contributed by atoms with Gasteiger partial charge in [-0.3, -0.25) is 0 Å². The Balaban J connectivity index is 1.93. The summed E-state index contributed by atoms with van der Waals surface area (Å²) in [5.74, 6) is 1.65. The third kappa shape index (κ3) is 2.11. The van der Waals surface area contributed by atoms with Crippen LogP contribution in [0.25, 0.3) is 0 Å². The number of fused-ring (bicyclic) bond motifs is 2. The summed E-state index contributed by atoms with van der Waals surface area (Å²) >= 11 is 0. The summed E-state index contributed by atoms with van der Waals surface area (Å²) in [6.45, 7) is 12.4. The van der Waals surface area contributed by atoms with Crippen molar-refractivity contribution in [3.05, 3.63) is 22.8 Å². The van der Waals surface area contributed by atoms with Crippen molar-refractivity contribution in [2.24, 2.45) is 22.7 Å². The first-order valence-electron chi connectivity index (χ1n) is 8.75. The van der Waals surface area contributed by atoms with Crippen LogP contribution in [0.3, 0.4) is 0 Å². The smallest absolute Gasteiger partial charge is 0.00770 e. The lowest BCUT2D eigenvalue weighted by Crippen LogP contribution is -2.46. The van der Waals surface area contributed by atoms with Crippen molar-refractivity contribution in [2.45, 2.75) is 79.6 Å². The summed E-state index contributed by atoms with van der Waals surface area (Å²) in [5, 5.41) is 0. The highest BCUT2D eigenvalue weighted by molar-refractivity contribution is 5.37. The molecule has 0 nitrogen and oxygen atoms in total. The SMILES string of the molecule is CC(C)C1=CCC2=C(CCC3C(C)(C)CCC[C@]23C)C1. The molecule has 0 aromatic heterocycles. The van der Waals surface area contributed by atoms with Crippen LogP contribution in [-0.4, -0.2) is 0 Å². The molecule has 0 spiro atoms. The summed E-state index contributed by atoms with van der Waals surface area (Å²) in [7, 11) is 0. The van der Waals surface area contributed by atoms with Crippen molar-refractivity contribution in [3.8, 4) is 0 Å². The van der Waals surface area contributed by atoms with Crippen LogP contribution >= 0.6 is 0 Å². The van der Waals surface area contributed by atoms with Gasteiger partial charge in [0.1, 0.15) is 0 Å². The van der Waals surface area contributed by atoms with E-state index in [1.807, 2.05) is 11.1 Å². The summed E-state index contributed by atoms with van der Waals surface area (Å²) < 4.78 is 0. The predicted molar refractivity (Wildman–Crippen MR) is 87.6 cm³/mol. The van der Waals surface area contributed by atoms with Crippen LogP contribution in [0.4, 0.5) is 0 Å². The molecule has 0 bridgehead atoms. The Morgan fingerprint density at radius 1 is 1.15 bits per heavy atom. The fraction of sp³-hybridized carbons (Fsp3) is 0.800. The maximum absolute atomic E-state index is 2.60. The molecule has 0 aromatic carbocycles. The van der Waals surface area contributed by atoms with E-state index in [9.17, 15) is 0 Å². The lowest BCUT2D eigenvalue weighted by Gasteiger charge is -2.56. The zero-order valence-corrected chi connectivity index (χ0v) is 14.2. The minimum atomic E-state index is 0.508. The Morgan fingerprint density at radius 2 is 1.90 bits per heavy atom. The van der Waals surface area contributed by atoms with E-state index in [1.54, 1.807) is 5.57 Å². The molecule has 2 atom stereocenters. The maximum Gasteiger partial charge on any atom is -0.00770 e. The van der Waals surface area contributed by atoms with E-state index >= 15 is 0 Å². The summed E-state index contributed by atoms with van der Waals surface area (Å²) in [6, 6.07) is 0. The Labute approximate surface area is 125 Å². The molecule has 0 heteroatoms. The van der Waals surface area contributed by atoms with Crippen LogP contribution in [-0.2, 0) is 0 Å². The monoisotopic (exact) mass is 272 g/mol. The molecule has 112 valence electrons. The average Bonchev–Trinajstić information content (AvgIpc) is 2.37. The number of allylic oxidation sites excluding steroid dienone is 4. The molecule has 3 aliphatic carbocycles. The summed E-state index contributed by atoms with van der Waals surface area (Å²) in [4.78, 5) is 0. The Kier molecular flexibility index (Phi) is 3.42. The van der Waals surface area contributed by atoms with Crippen LogP contribution in [0.15, 0.2) is 22.8 Å². The van der Waals surface area contributed by atoms with Gasteiger partial charge in [0, 0.05) is 0 Å². The Morgan fingerprint density at radius 3 is 2.60 bits per heavy atom. The molecule has 3 aliphatic rings. The minimum Gasteiger partial charge on any atom is -0.0807 e. The molecule has 0 heterocycles. The van der Waals surface area contributed by atoms with Gasteiger partial charge in [-0.25, -0.2) is 0 Å². The van der Waals surface area contributed by atoms with Gasteiger partial charge in [0.05, 0.1) is 0 Å². The van der Waals surface area contributed by atoms with Crippen LogP contribution < -0.4 is 0 Å². The first kappa shape index (κ1) is 14.4. The number of rotatable bonds is 1. The molecular formula is C20H32. The molecule has 0 saturated heterocycles. The lowest BCUT2D eigenvalue weighted by molar-refractivity contribution is 0.0106. The lowest BCUT2D eigenvalue weighted by atomic mass is 9.49. The normalized spacial score (nSPS) is 36.5. The van der Waals surface area contributed by atoms with Gasteiger partial charge in [0.15, 0.2) is 0 Å². The average molecular weight is 272 g/mol. The second-order valence-electron chi connectivity index (χ2n) is 8.75. The third-order valence-electron chi connectivity index (χ3n) is 6.81. The second-order valence-corrected chi connectivity index (χ2v) is 8.75. The van der Waals surface area contributed by atoms with E-state index in [1.165, 1.54) is 44.9 Å².